The molecule has 164 valence electrons. The van der Waals surface area contributed by atoms with Gasteiger partial charge < -0.3 is 4.90 Å². The van der Waals surface area contributed by atoms with Crippen LogP contribution in [0.2, 0.25) is 0 Å². The van der Waals surface area contributed by atoms with Crippen LogP contribution in [-0.2, 0) is 16.0 Å². The van der Waals surface area contributed by atoms with Gasteiger partial charge in [-0.3, -0.25) is 9.69 Å². The van der Waals surface area contributed by atoms with Crippen molar-refractivity contribution in [2.45, 2.75) is 13.1 Å². The van der Waals surface area contributed by atoms with Gasteiger partial charge in [0.05, 0.1) is 34.5 Å². The average molecular weight is 444 g/mol. The molecule has 0 aliphatic carbocycles. The topological polar surface area (TPSA) is 75.5 Å². The fourth-order valence-corrected chi connectivity index (χ4v) is 3.92. The Morgan fingerprint density at radius 3 is 2.43 bits per heavy atom. The Kier molecular flexibility index (Phi) is 6.23. The molecule has 11 heteroatoms. The number of alkyl halides is 3. The summed E-state index contributed by atoms with van der Waals surface area (Å²) in [4.78, 5) is 16.5. The van der Waals surface area contributed by atoms with Crippen LogP contribution in [0.1, 0.15) is 21.6 Å². The van der Waals surface area contributed by atoms with Crippen LogP contribution < -0.4 is 0 Å². The Morgan fingerprint density at radius 1 is 1.17 bits per heavy atom. The summed E-state index contributed by atoms with van der Waals surface area (Å²) in [5, 5.41) is 4.12. The zero-order chi connectivity index (χ0) is 22.1. The summed E-state index contributed by atoms with van der Waals surface area (Å²) in [5.74, 6) is -0.169. The highest BCUT2D eigenvalue weighted by Gasteiger charge is 2.31. The molecule has 0 radical (unpaired) electrons. The first-order valence-corrected chi connectivity index (χ1v) is 11.4. The number of nitrogens with zero attached hydrogens (tertiary/aromatic N) is 4. The SMILES string of the molecule is Cc1c(C(=O)N2CCN(CCS(C)(=O)=O)CC2)cnn1-c1cccc(C(F)(F)F)c1. The van der Waals surface area contributed by atoms with E-state index >= 15 is 0 Å². The number of rotatable bonds is 5. The third-order valence-electron chi connectivity index (χ3n) is 5.10. The minimum atomic E-state index is -4.47. The number of hydrogen-bond donors (Lipinski definition) is 0. The molecule has 0 bridgehead atoms. The van der Waals surface area contributed by atoms with E-state index in [0.29, 0.717) is 44.0 Å². The third kappa shape index (κ3) is 5.20. The van der Waals surface area contributed by atoms with E-state index in [0.717, 1.165) is 12.1 Å². The Bertz CT molecular complexity index is 1030. The molecule has 0 saturated carbocycles. The third-order valence-corrected chi connectivity index (χ3v) is 6.02. The molecule has 1 aliphatic heterocycles. The average Bonchev–Trinajstić information content (AvgIpc) is 3.06. The molecule has 1 saturated heterocycles. The van der Waals surface area contributed by atoms with Crippen LogP contribution in [-0.4, -0.2) is 78.6 Å². The standard InChI is InChI=1S/C19H23F3N4O3S/c1-14-17(13-23-26(14)16-5-3-4-15(12-16)19(20,21)22)18(27)25-8-6-24(7-9-25)10-11-30(2,28)29/h3-5,12-13H,6-11H2,1-2H3. The summed E-state index contributed by atoms with van der Waals surface area (Å²) in [7, 11) is -3.04. The predicted molar refractivity (Wildman–Crippen MR) is 105 cm³/mol. The maximum absolute atomic E-state index is 13.0. The monoisotopic (exact) mass is 444 g/mol. The molecule has 1 aliphatic rings. The number of hydrogen-bond acceptors (Lipinski definition) is 5. The summed E-state index contributed by atoms with van der Waals surface area (Å²) >= 11 is 0. The second-order valence-electron chi connectivity index (χ2n) is 7.37. The molecule has 3 rings (SSSR count). The lowest BCUT2D eigenvalue weighted by atomic mass is 10.1. The van der Waals surface area contributed by atoms with Crippen LogP contribution in [0.4, 0.5) is 13.2 Å². The summed E-state index contributed by atoms with van der Waals surface area (Å²) < 4.78 is 62.9. The fraction of sp³-hybridized carbons (Fsp3) is 0.474. The van der Waals surface area contributed by atoms with Gasteiger partial charge in [0.15, 0.2) is 0 Å². The number of benzene rings is 1. The first-order chi connectivity index (χ1) is 14.0. The summed E-state index contributed by atoms with van der Waals surface area (Å²) in [6, 6.07) is 4.78. The lowest BCUT2D eigenvalue weighted by Crippen LogP contribution is -2.49. The Morgan fingerprint density at radius 2 is 1.83 bits per heavy atom. The number of amides is 1. The molecular weight excluding hydrogens is 421 g/mol. The van der Waals surface area contributed by atoms with Gasteiger partial charge in [-0.25, -0.2) is 13.1 Å². The normalized spacial score (nSPS) is 16.1. The number of halogens is 3. The molecule has 1 fully saturated rings. The van der Waals surface area contributed by atoms with Crippen molar-refractivity contribution >= 4 is 15.7 Å². The zero-order valence-corrected chi connectivity index (χ0v) is 17.5. The van der Waals surface area contributed by atoms with Crippen molar-refractivity contribution in [1.82, 2.24) is 19.6 Å². The van der Waals surface area contributed by atoms with E-state index in [9.17, 15) is 26.4 Å². The number of sulfone groups is 1. The Labute approximate surface area is 173 Å². The maximum atomic E-state index is 13.0. The smallest absolute Gasteiger partial charge is 0.336 e. The summed E-state index contributed by atoms with van der Waals surface area (Å²) in [5.41, 5.74) is 0.232. The molecular formula is C19H23F3N4O3S. The fourth-order valence-electron chi connectivity index (χ4n) is 3.33. The largest absolute Gasteiger partial charge is 0.416 e. The molecule has 30 heavy (non-hydrogen) atoms. The summed E-state index contributed by atoms with van der Waals surface area (Å²) in [6.45, 7) is 4.06. The van der Waals surface area contributed by atoms with E-state index in [1.165, 1.54) is 29.3 Å². The van der Waals surface area contributed by atoms with Gasteiger partial charge in [0, 0.05) is 39.0 Å². The van der Waals surface area contributed by atoms with Crippen molar-refractivity contribution in [3.8, 4) is 5.69 Å². The number of carbonyl (C=O) groups excluding carboxylic acids is 1. The first kappa shape index (κ1) is 22.3. The van der Waals surface area contributed by atoms with Gasteiger partial charge in [0.25, 0.3) is 5.91 Å². The predicted octanol–water partition coefficient (Wildman–Crippen LogP) is 2.00. The Hall–Kier alpha value is -2.40. The van der Waals surface area contributed by atoms with Crippen LogP contribution in [0, 0.1) is 6.92 Å². The first-order valence-electron chi connectivity index (χ1n) is 9.37. The van der Waals surface area contributed by atoms with Gasteiger partial charge in [0.1, 0.15) is 9.84 Å². The van der Waals surface area contributed by atoms with Gasteiger partial charge >= 0.3 is 6.18 Å². The summed E-state index contributed by atoms with van der Waals surface area (Å²) in [6.07, 6.45) is -1.90. The van der Waals surface area contributed by atoms with Crippen LogP contribution in [0.3, 0.4) is 0 Å². The molecule has 0 atom stereocenters. The number of piperazine rings is 1. The van der Waals surface area contributed by atoms with Crippen LogP contribution in [0.15, 0.2) is 30.5 Å². The highest BCUT2D eigenvalue weighted by molar-refractivity contribution is 7.90. The molecule has 2 heterocycles. The van der Waals surface area contributed by atoms with Crippen LogP contribution in [0.25, 0.3) is 5.69 Å². The van der Waals surface area contributed by atoms with Gasteiger partial charge in [-0.1, -0.05) is 6.07 Å². The maximum Gasteiger partial charge on any atom is 0.416 e. The highest BCUT2D eigenvalue weighted by atomic mass is 32.2. The Balaban J connectivity index is 1.70. The van der Waals surface area contributed by atoms with E-state index in [1.54, 1.807) is 11.8 Å². The van der Waals surface area contributed by atoms with Crippen LogP contribution >= 0.6 is 0 Å². The molecule has 0 N–H and O–H groups in total. The zero-order valence-electron chi connectivity index (χ0n) is 16.7. The molecule has 1 aromatic carbocycles. The second-order valence-corrected chi connectivity index (χ2v) is 9.63. The minimum absolute atomic E-state index is 0.0732. The van der Waals surface area contributed by atoms with Crippen molar-refractivity contribution < 1.29 is 26.4 Å². The van der Waals surface area contributed by atoms with E-state index in [4.69, 9.17) is 0 Å². The second kappa shape index (κ2) is 8.38. The number of carbonyl (C=O) groups is 1. The quantitative estimate of drug-likeness (QED) is 0.705. The molecule has 1 amide bonds. The van der Waals surface area contributed by atoms with Crippen molar-refractivity contribution in [3.63, 3.8) is 0 Å². The minimum Gasteiger partial charge on any atom is -0.336 e. The lowest BCUT2D eigenvalue weighted by molar-refractivity contribution is -0.137. The molecule has 1 aromatic heterocycles. The van der Waals surface area contributed by atoms with E-state index in [1.807, 2.05) is 4.90 Å². The van der Waals surface area contributed by atoms with Crippen molar-refractivity contribution in [3.05, 3.63) is 47.3 Å². The van der Waals surface area contributed by atoms with E-state index < -0.39 is 21.6 Å². The van der Waals surface area contributed by atoms with Crippen molar-refractivity contribution in [1.29, 1.82) is 0 Å². The van der Waals surface area contributed by atoms with Crippen molar-refractivity contribution in [2.75, 3.05) is 44.7 Å². The van der Waals surface area contributed by atoms with Gasteiger partial charge in [-0.2, -0.15) is 18.3 Å². The molecule has 0 unspecified atom stereocenters. The number of aromatic nitrogens is 2. The van der Waals surface area contributed by atoms with Gasteiger partial charge in [-0.05, 0) is 25.1 Å². The lowest BCUT2D eigenvalue weighted by Gasteiger charge is -2.34. The molecule has 2 aromatic rings. The highest BCUT2D eigenvalue weighted by Crippen LogP contribution is 2.30. The molecule has 7 nitrogen and oxygen atoms in total. The van der Waals surface area contributed by atoms with Crippen molar-refractivity contribution in [2.24, 2.45) is 0 Å². The van der Waals surface area contributed by atoms with E-state index in [2.05, 4.69) is 5.10 Å². The van der Waals surface area contributed by atoms with Gasteiger partial charge in [-0.15, -0.1) is 0 Å². The van der Waals surface area contributed by atoms with E-state index in [-0.39, 0.29) is 17.3 Å². The van der Waals surface area contributed by atoms with Gasteiger partial charge in [0.2, 0.25) is 0 Å². The molecule has 0 spiro atoms. The van der Waals surface area contributed by atoms with Crippen LogP contribution in [0.5, 0.6) is 0 Å².